The molecule has 2 atom stereocenters. The van der Waals surface area contributed by atoms with Gasteiger partial charge in [0.1, 0.15) is 6.17 Å². The van der Waals surface area contributed by atoms with Gasteiger partial charge >= 0.3 is 0 Å². The normalized spacial score (nSPS) is 37.9. The Morgan fingerprint density at radius 3 is 2.93 bits per heavy atom. The first-order valence-corrected chi connectivity index (χ1v) is 5.30. The topological polar surface area (TPSA) is 32.3 Å². The zero-order valence-corrected chi connectivity index (χ0v) is 8.55. The van der Waals surface area contributed by atoms with Crippen LogP contribution >= 0.6 is 0 Å². The fourth-order valence-corrected chi connectivity index (χ4v) is 2.33. The molecule has 2 saturated heterocycles. The molecule has 0 bridgehead atoms. The minimum absolute atomic E-state index is 0.0788. The van der Waals surface area contributed by atoms with Crippen LogP contribution in [0, 0.1) is 0 Å². The van der Waals surface area contributed by atoms with Crippen LogP contribution < -0.4 is 5.32 Å². The van der Waals surface area contributed by atoms with E-state index in [0.717, 1.165) is 19.4 Å². The van der Waals surface area contributed by atoms with Crippen LogP contribution in [0.4, 0.5) is 4.39 Å². The molecule has 14 heavy (non-hydrogen) atoms. The Labute approximate surface area is 83.6 Å². The summed E-state index contributed by atoms with van der Waals surface area (Å²) >= 11 is 0. The molecule has 1 N–H and O–H groups in total. The van der Waals surface area contributed by atoms with Crippen molar-refractivity contribution in [3.8, 4) is 0 Å². The number of carbonyl (C=O) groups is 1. The van der Waals surface area contributed by atoms with Crippen molar-refractivity contribution >= 4 is 5.91 Å². The number of nitrogens with one attached hydrogen (secondary N) is 1. The van der Waals surface area contributed by atoms with E-state index in [4.69, 9.17) is 0 Å². The van der Waals surface area contributed by atoms with Gasteiger partial charge < -0.3 is 10.2 Å². The number of carbonyl (C=O) groups excluding carboxylic acids is 1. The maximum atomic E-state index is 12.9. The number of alkyl halides is 1. The molecule has 0 radical (unpaired) electrons. The van der Waals surface area contributed by atoms with Gasteiger partial charge in [-0.25, -0.2) is 4.39 Å². The van der Waals surface area contributed by atoms with Gasteiger partial charge in [-0.3, -0.25) is 4.79 Å². The third kappa shape index (κ3) is 1.63. The van der Waals surface area contributed by atoms with Crippen LogP contribution in [0.2, 0.25) is 0 Å². The van der Waals surface area contributed by atoms with Crippen molar-refractivity contribution in [2.75, 3.05) is 19.6 Å². The van der Waals surface area contributed by atoms with E-state index in [2.05, 4.69) is 5.32 Å². The highest BCUT2D eigenvalue weighted by molar-refractivity contribution is 5.86. The van der Waals surface area contributed by atoms with Crippen molar-refractivity contribution in [3.63, 3.8) is 0 Å². The summed E-state index contributed by atoms with van der Waals surface area (Å²) in [6.07, 6.45) is 1.60. The Hall–Kier alpha value is -0.640. The first-order chi connectivity index (χ1) is 6.62. The largest absolute Gasteiger partial charge is 0.338 e. The number of halogens is 1. The molecule has 1 amide bonds. The molecule has 0 saturated carbocycles. The van der Waals surface area contributed by atoms with Crippen LogP contribution in [-0.4, -0.2) is 42.2 Å². The summed E-state index contributed by atoms with van der Waals surface area (Å²) in [5.41, 5.74) is -0.427. The lowest BCUT2D eigenvalue weighted by Crippen LogP contribution is -2.52. The molecule has 0 aromatic carbocycles. The highest BCUT2D eigenvalue weighted by Crippen LogP contribution is 2.24. The number of hydrogen-bond donors (Lipinski definition) is 1. The number of rotatable bonds is 1. The van der Waals surface area contributed by atoms with Crippen LogP contribution in [0.3, 0.4) is 0 Å². The average molecular weight is 200 g/mol. The van der Waals surface area contributed by atoms with Crippen molar-refractivity contribution in [3.05, 3.63) is 0 Å². The van der Waals surface area contributed by atoms with Crippen molar-refractivity contribution < 1.29 is 9.18 Å². The second kappa shape index (κ2) is 3.50. The Bertz CT molecular complexity index is 238. The molecular formula is C10H17FN2O. The van der Waals surface area contributed by atoms with Crippen molar-refractivity contribution in [2.45, 2.75) is 37.9 Å². The fraction of sp³-hybridized carbons (Fsp3) is 0.900. The maximum absolute atomic E-state index is 12.9. The monoisotopic (exact) mass is 200 g/mol. The van der Waals surface area contributed by atoms with Crippen molar-refractivity contribution in [1.29, 1.82) is 0 Å². The zero-order valence-electron chi connectivity index (χ0n) is 8.55. The van der Waals surface area contributed by atoms with E-state index in [1.54, 1.807) is 4.90 Å². The van der Waals surface area contributed by atoms with Gasteiger partial charge in [0.25, 0.3) is 0 Å². The smallest absolute Gasteiger partial charge is 0.242 e. The molecule has 2 aliphatic rings. The van der Waals surface area contributed by atoms with Crippen LogP contribution in [0.25, 0.3) is 0 Å². The van der Waals surface area contributed by atoms with E-state index in [9.17, 15) is 9.18 Å². The second-order valence-corrected chi connectivity index (χ2v) is 4.50. The highest BCUT2D eigenvalue weighted by atomic mass is 19.1. The molecule has 4 heteroatoms. The Balaban J connectivity index is 2.00. The van der Waals surface area contributed by atoms with E-state index in [1.807, 2.05) is 6.92 Å². The Morgan fingerprint density at radius 2 is 2.43 bits per heavy atom. The molecular weight excluding hydrogens is 183 g/mol. The molecule has 2 heterocycles. The molecule has 2 fully saturated rings. The van der Waals surface area contributed by atoms with Gasteiger partial charge in [0, 0.05) is 6.54 Å². The van der Waals surface area contributed by atoms with E-state index < -0.39 is 11.7 Å². The number of amides is 1. The predicted octanol–water partition coefficient (Wildman–Crippen LogP) is 0.699. The van der Waals surface area contributed by atoms with Gasteiger partial charge in [0.05, 0.1) is 12.1 Å². The van der Waals surface area contributed by atoms with E-state index in [0.29, 0.717) is 13.0 Å². The third-order valence-corrected chi connectivity index (χ3v) is 3.26. The Kier molecular flexibility index (Phi) is 2.47. The highest BCUT2D eigenvalue weighted by Gasteiger charge is 2.40. The van der Waals surface area contributed by atoms with Crippen LogP contribution in [0.1, 0.15) is 26.2 Å². The Morgan fingerprint density at radius 1 is 1.64 bits per heavy atom. The first kappa shape index (κ1) is 9.90. The van der Waals surface area contributed by atoms with Gasteiger partial charge in [0.15, 0.2) is 0 Å². The number of likely N-dealkylation sites (tertiary alicyclic amines) is 1. The van der Waals surface area contributed by atoms with E-state index in [-0.39, 0.29) is 12.5 Å². The van der Waals surface area contributed by atoms with Crippen molar-refractivity contribution in [2.24, 2.45) is 0 Å². The van der Waals surface area contributed by atoms with Crippen molar-refractivity contribution in [1.82, 2.24) is 10.2 Å². The summed E-state index contributed by atoms with van der Waals surface area (Å²) in [4.78, 5) is 13.7. The zero-order chi connectivity index (χ0) is 10.2. The molecule has 80 valence electrons. The third-order valence-electron chi connectivity index (χ3n) is 3.26. The lowest BCUT2D eigenvalue weighted by molar-refractivity contribution is -0.136. The minimum atomic E-state index is -0.816. The average Bonchev–Trinajstić information content (AvgIpc) is 2.74. The molecule has 0 aromatic heterocycles. The molecule has 2 rings (SSSR count). The first-order valence-electron chi connectivity index (χ1n) is 5.30. The summed E-state index contributed by atoms with van der Waals surface area (Å²) in [6, 6.07) is 0. The minimum Gasteiger partial charge on any atom is -0.338 e. The maximum Gasteiger partial charge on any atom is 0.242 e. The number of nitrogens with zero attached hydrogens (tertiary/aromatic N) is 1. The lowest BCUT2D eigenvalue weighted by Gasteiger charge is -2.28. The van der Waals surface area contributed by atoms with Crippen LogP contribution in [0.5, 0.6) is 0 Å². The van der Waals surface area contributed by atoms with E-state index >= 15 is 0 Å². The SMILES string of the molecule is CC1(C(=O)N2CCC(F)C2)CCCN1. The van der Waals surface area contributed by atoms with Crippen LogP contribution in [0.15, 0.2) is 0 Å². The van der Waals surface area contributed by atoms with Gasteiger partial charge in [-0.15, -0.1) is 0 Å². The summed E-state index contributed by atoms with van der Waals surface area (Å²) < 4.78 is 12.9. The standard InChI is InChI=1S/C10H17FN2O/c1-10(4-2-5-12-10)9(14)13-6-3-8(11)7-13/h8,12H,2-7H2,1H3. The molecule has 2 unspecified atom stereocenters. The number of hydrogen-bond acceptors (Lipinski definition) is 2. The van der Waals surface area contributed by atoms with Gasteiger partial charge in [-0.2, -0.15) is 0 Å². The van der Waals surface area contributed by atoms with Crippen LogP contribution in [-0.2, 0) is 4.79 Å². The quantitative estimate of drug-likeness (QED) is 0.675. The lowest BCUT2D eigenvalue weighted by atomic mass is 9.99. The summed E-state index contributed by atoms with van der Waals surface area (Å²) in [5, 5.41) is 3.21. The summed E-state index contributed by atoms with van der Waals surface area (Å²) in [7, 11) is 0. The molecule has 0 aromatic rings. The summed E-state index contributed by atoms with van der Waals surface area (Å²) in [6.45, 7) is 3.69. The van der Waals surface area contributed by atoms with Gasteiger partial charge in [-0.05, 0) is 32.7 Å². The van der Waals surface area contributed by atoms with Gasteiger partial charge in [0.2, 0.25) is 5.91 Å². The molecule has 0 spiro atoms. The molecule has 0 aliphatic carbocycles. The van der Waals surface area contributed by atoms with Gasteiger partial charge in [-0.1, -0.05) is 0 Å². The second-order valence-electron chi connectivity index (χ2n) is 4.50. The predicted molar refractivity (Wildman–Crippen MR) is 51.7 cm³/mol. The fourth-order valence-electron chi connectivity index (χ4n) is 2.33. The molecule has 3 nitrogen and oxygen atoms in total. The summed E-state index contributed by atoms with van der Waals surface area (Å²) in [5.74, 6) is 0.0788. The molecule has 2 aliphatic heterocycles. The van der Waals surface area contributed by atoms with E-state index in [1.165, 1.54) is 0 Å².